The van der Waals surface area contributed by atoms with Crippen molar-refractivity contribution in [2.75, 3.05) is 0 Å². The predicted octanol–water partition coefficient (Wildman–Crippen LogP) is 0.412. The molecule has 0 bridgehead atoms. The maximum Gasteiger partial charge on any atom is 1.00 e. The zero-order valence-corrected chi connectivity index (χ0v) is 12.5. The smallest absolute Gasteiger partial charge is 0.445 e. The molecule has 0 fully saturated rings. The van der Waals surface area contributed by atoms with Crippen molar-refractivity contribution in [2.24, 2.45) is 0 Å². The van der Waals surface area contributed by atoms with Crippen LogP contribution >= 0.6 is 0 Å². The number of hydrogen-bond donors (Lipinski definition) is 0. The molecule has 2 aromatic carbocycles. The zero-order chi connectivity index (χ0) is 11.6. The van der Waals surface area contributed by atoms with Gasteiger partial charge in [0.15, 0.2) is 0 Å². The molecule has 0 aliphatic rings. The second-order valence-corrected chi connectivity index (χ2v) is 3.56. The van der Waals surface area contributed by atoms with Gasteiger partial charge in [-0.1, -0.05) is 54.6 Å². The molecule has 2 aromatic rings. The Balaban J connectivity index is 0.00000144. The van der Waals surface area contributed by atoms with E-state index < -0.39 is 12.4 Å². The van der Waals surface area contributed by atoms with Gasteiger partial charge in [0, 0.05) is 0 Å². The minimum absolute atomic E-state index is 0. The molecule has 0 amide bonds. The molecule has 0 aromatic heterocycles. The third-order valence-corrected chi connectivity index (χ3v) is 2.40. The maximum atomic E-state index is 12.4. The van der Waals surface area contributed by atoms with E-state index in [9.17, 15) is 12.9 Å². The first-order chi connectivity index (χ1) is 7.57. The van der Waals surface area contributed by atoms with Crippen molar-refractivity contribution in [1.82, 2.24) is 0 Å². The van der Waals surface area contributed by atoms with Crippen molar-refractivity contribution < 1.29 is 64.3 Å². The van der Waals surface area contributed by atoms with Gasteiger partial charge >= 0.3 is 58.4 Å². The quantitative estimate of drug-likeness (QED) is 0.686. The van der Waals surface area contributed by atoms with Gasteiger partial charge in [-0.15, -0.1) is 5.46 Å². The first-order valence-electron chi connectivity index (χ1n) is 4.93. The van der Waals surface area contributed by atoms with E-state index in [0.29, 0.717) is 0 Å². The summed E-state index contributed by atoms with van der Waals surface area (Å²) in [5.74, 6) is 0. The van der Waals surface area contributed by atoms with Crippen molar-refractivity contribution in [1.29, 1.82) is 0 Å². The predicted molar refractivity (Wildman–Crippen MR) is 60.6 cm³/mol. The number of benzene rings is 2. The van der Waals surface area contributed by atoms with Crippen molar-refractivity contribution in [3.05, 3.63) is 54.6 Å². The standard InChI is InChI=1S/C12H9BF3.K/c14-13(15,16)12-8-6-11(7-9-12)10-4-2-1-3-5-10;/h1-9H;/q-1;+1. The molecule has 82 valence electrons. The molecule has 0 unspecified atom stereocenters. The molecule has 17 heavy (non-hydrogen) atoms. The Morgan fingerprint density at radius 1 is 0.647 bits per heavy atom. The zero-order valence-electron chi connectivity index (χ0n) is 9.41. The molecule has 5 heteroatoms. The fourth-order valence-corrected chi connectivity index (χ4v) is 1.52. The molecule has 0 heterocycles. The summed E-state index contributed by atoms with van der Waals surface area (Å²) in [5.41, 5.74) is 1.16. The van der Waals surface area contributed by atoms with E-state index in [-0.39, 0.29) is 51.4 Å². The fourth-order valence-electron chi connectivity index (χ4n) is 1.52. The van der Waals surface area contributed by atoms with Gasteiger partial charge in [0.25, 0.3) is 0 Å². The second kappa shape index (κ2) is 6.20. The van der Waals surface area contributed by atoms with E-state index in [0.717, 1.165) is 23.3 Å². The minimum Gasteiger partial charge on any atom is -0.445 e. The van der Waals surface area contributed by atoms with Crippen molar-refractivity contribution in [2.45, 2.75) is 0 Å². The number of rotatable bonds is 2. The third kappa shape index (κ3) is 3.96. The van der Waals surface area contributed by atoms with Crippen LogP contribution in [0.1, 0.15) is 0 Å². The van der Waals surface area contributed by atoms with Gasteiger partial charge in [0.2, 0.25) is 0 Å². The second-order valence-electron chi connectivity index (χ2n) is 3.56. The van der Waals surface area contributed by atoms with Crippen molar-refractivity contribution in [3.8, 4) is 11.1 Å². The van der Waals surface area contributed by atoms with E-state index in [1.807, 2.05) is 30.3 Å². The Morgan fingerprint density at radius 2 is 1.12 bits per heavy atom. The van der Waals surface area contributed by atoms with Crippen LogP contribution in [0.25, 0.3) is 11.1 Å². The summed E-state index contributed by atoms with van der Waals surface area (Å²) < 4.78 is 37.2. The molecular weight excluding hydrogens is 251 g/mol. The van der Waals surface area contributed by atoms with Crippen molar-refractivity contribution >= 4 is 12.4 Å². The van der Waals surface area contributed by atoms with Gasteiger partial charge in [-0.2, -0.15) is 0 Å². The number of halogens is 3. The van der Waals surface area contributed by atoms with Gasteiger partial charge in [0.1, 0.15) is 0 Å². The monoisotopic (exact) mass is 260 g/mol. The molecule has 0 aliphatic heterocycles. The molecule has 0 saturated carbocycles. The summed E-state index contributed by atoms with van der Waals surface area (Å²) in [6.45, 7) is -4.89. The SMILES string of the molecule is F[B-](F)(F)c1ccc(-c2ccccc2)cc1.[K+]. The van der Waals surface area contributed by atoms with E-state index in [4.69, 9.17) is 0 Å². The Hall–Kier alpha value is -0.0687. The molecular formula is C12H9BF3K. The van der Waals surface area contributed by atoms with Crippen LogP contribution in [0.15, 0.2) is 54.6 Å². The van der Waals surface area contributed by atoms with E-state index in [2.05, 4.69) is 0 Å². The van der Waals surface area contributed by atoms with Crippen LogP contribution < -0.4 is 56.8 Å². The first kappa shape index (κ1) is 15.0. The summed E-state index contributed by atoms with van der Waals surface area (Å²) in [7, 11) is 0. The number of hydrogen-bond acceptors (Lipinski definition) is 0. The molecule has 0 atom stereocenters. The Kier molecular flexibility index (Phi) is 5.47. The minimum atomic E-state index is -4.89. The first-order valence-corrected chi connectivity index (χ1v) is 4.93. The van der Waals surface area contributed by atoms with E-state index >= 15 is 0 Å². The van der Waals surface area contributed by atoms with E-state index in [1.165, 1.54) is 12.1 Å². The van der Waals surface area contributed by atoms with Gasteiger partial charge in [-0.25, -0.2) is 0 Å². The molecule has 0 spiro atoms. The largest absolute Gasteiger partial charge is 1.00 e. The average Bonchev–Trinajstić information content (AvgIpc) is 2.29. The van der Waals surface area contributed by atoms with Gasteiger partial charge in [-0.05, 0) is 11.1 Å². The molecule has 0 N–H and O–H groups in total. The van der Waals surface area contributed by atoms with E-state index in [1.54, 1.807) is 0 Å². The van der Waals surface area contributed by atoms with Gasteiger partial charge in [-0.3, -0.25) is 0 Å². The van der Waals surface area contributed by atoms with Crippen LogP contribution in [-0.2, 0) is 0 Å². The molecule has 2 rings (SSSR count). The third-order valence-electron chi connectivity index (χ3n) is 2.40. The van der Waals surface area contributed by atoms with Crippen LogP contribution in [0, 0.1) is 0 Å². The van der Waals surface area contributed by atoms with Crippen LogP contribution in [0.3, 0.4) is 0 Å². The Labute approximate surface area is 141 Å². The Morgan fingerprint density at radius 3 is 1.59 bits per heavy atom. The van der Waals surface area contributed by atoms with Gasteiger partial charge in [0.05, 0.1) is 0 Å². The summed E-state index contributed by atoms with van der Waals surface area (Å²) in [6, 6.07) is 14.6. The summed E-state index contributed by atoms with van der Waals surface area (Å²) in [4.78, 5) is 0. The maximum absolute atomic E-state index is 12.4. The van der Waals surface area contributed by atoms with Crippen molar-refractivity contribution in [3.63, 3.8) is 0 Å². The summed E-state index contributed by atoms with van der Waals surface area (Å²) in [6.07, 6.45) is 0. The molecule has 0 saturated heterocycles. The van der Waals surface area contributed by atoms with Crippen LogP contribution in [0.5, 0.6) is 0 Å². The normalized spacial score (nSPS) is 10.8. The van der Waals surface area contributed by atoms with Gasteiger partial charge < -0.3 is 12.9 Å². The van der Waals surface area contributed by atoms with Crippen LogP contribution in [0.2, 0.25) is 0 Å². The Bertz CT molecular complexity index is 465. The average molecular weight is 260 g/mol. The topological polar surface area (TPSA) is 0 Å². The summed E-state index contributed by atoms with van der Waals surface area (Å²) in [5, 5.41) is 0. The molecule has 0 aliphatic carbocycles. The van der Waals surface area contributed by atoms with Crippen LogP contribution in [-0.4, -0.2) is 6.98 Å². The van der Waals surface area contributed by atoms with Crippen LogP contribution in [0.4, 0.5) is 12.9 Å². The summed E-state index contributed by atoms with van der Waals surface area (Å²) >= 11 is 0. The molecule has 0 nitrogen and oxygen atoms in total. The fraction of sp³-hybridized carbons (Fsp3) is 0. The molecule has 0 radical (unpaired) electrons.